The number of fused-ring (bicyclic) bond motifs is 1. The maximum absolute atomic E-state index is 11.6. The maximum Gasteiger partial charge on any atom is 0.335 e. The van der Waals surface area contributed by atoms with Crippen LogP contribution in [0.2, 0.25) is 0 Å². The summed E-state index contributed by atoms with van der Waals surface area (Å²) in [5.41, 5.74) is 3.67. The van der Waals surface area contributed by atoms with E-state index in [1.807, 2.05) is 6.92 Å². The van der Waals surface area contributed by atoms with Crippen molar-refractivity contribution in [2.75, 3.05) is 24.5 Å². The second kappa shape index (κ2) is 10.5. The first kappa shape index (κ1) is 24.0. The van der Waals surface area contributed by atoms with Crippen LogP contribution in [0.25, 0.3) is 10.8 Å². The Labute approximate surface area is 212 Å². The van der Waals surface area contributed by atoms with Gasteiger partial charge in [0.15, 0.2) is 0 Å². The van der Waals surface area contributed by atoms with E-state index < -0.39 is 5.97 Å². The fourth-order valence-corrected chi connectivity index (χ4v) is 5.53. The van der Waals surface area contributed by atoms with Gasteiger partial charge >= 0.3 is 5.97 Å². The van der Waals surface area contributed by atoms with Crippen LogP contribution >= 0.6 is 0 Å². The molecule has 2 unspecified atom stereocenters. The average Bonchev–Trinajstić information content (AvgIpc) is 2.91. The molecule has 1 saturated heterocycles. The number of nitrogens with one attached hydrogen (secondary N) is 1. The Morgan fingerprint density at radius 2 is 1.81 bits per heavy atom. The lowest BCUT2D eigenvalue weighted by atomic mass is 9.80. The lowest BCUT2D eigenvalue weighted by Crippen LogP contribution is -2.43. The highest BCUT2D eigenvalue weighted by Gasteiger charge is 2.31. The summed E-state index contributed by atoms with van der Waals surface area (Å²) >= 11 is 0. The minimum Gasteiger partial charge on any atom is -0.478 e. The largest absolute Gasteiger partial charge is 0.478 e. The summed E-state index contributed by atoms with van der Waals surface area (Å²) in [6.07, 6.45) is 1.01. The van der Waals surface area contributed by atoms with Crippen molar-refractivity contribution >= 4 is 22.6 Å². The van der Waals surface area contributed by atoms with Gasteiger partial charge in [0.25, 0.3) is 0 Å². The van der Waals surface area contributed by atoms with Gasteiger partial charge in [-0.1, -0.05) is 72.8 Å². The highest BCUT2D eigenvalue weighted by atomic mass is 16.4. The van der Waals surface area contributed by atoms with E-state index in [-0.39, 0.29) is 6.04 Å². The Morgan fingerprint density at radius 1 is 1.06 bits per heavy atom. The molecule has 3 aromatic carbocycles. The van der Waals surface area contributed by atoms with Gasteiger partial charge in [-0.3, -0.25) is 0 Å². The number of piperidine rings is 1. The van der Waals surface area contributed by atoms with Crippen molar-refractivity contribution in [2.45, 2.75) is 32.2 Å². The molecule has 0 bridgehead atoms. The number of rotatable bonds is 7. The number of aromatic nitrogens is 1. The molecule has 0 spiro atoms. The molecule has 0 radical (unpaired) electrons. The Hall–Kier alpha value is -3.70. The Balaban J connectivity index is 1.36. The zero-order valence-corrected chi connectivity index (χ0v) is 20.9. The van der Waals surface area contributed by atoms with Crippen molar-refractivity contribution in [1.82, 2.24) is 10.3 Å². The first-order valence-electron chi connectivity index (χ1n) is 12.7. The van der Waals surface area contributed by atoms with Gasteiger partial charge in [-0.2, -0.15) is 0 Å². The summed E-state index contributed by atoms with van der Waals surface area (Å²) < 4.78 is 0. The molecule has 0 saturated carbocycles. The number of aryl methyl sites for hydroxylation is 1. The standard InChI is InChI=1S/C31H33N3O2/c1-21-17-26(31(35)36)18-30(33-21)34-16-15-25(29(20-34)24-9-4-3-5-10-24)19-32-22(2)27-14-8-12-23-11-6-7-13-28(23)27/h3-14,17-18,22,25,29,32H,15-16,19-20H2,1-2H3,(H,35,36)/t22-,25?,29?/m1/s1. The van der Waals surface area contributed by atoms with Crippen molar-refractivity contribution in [3.63, 3.8) is 0 Å². The van der Waals surface area contributed by atoms with E-state index in [1.54, 1.807) is 12.1 Å². The first-order valence-corrected chi connectivity index (χ1v) is 12.7. The van der Waals surface area contributed by atoms with Crippen LogP contribution in [0.5, 0.6) is 0 Å². The number of hydrogen-bond acceptors (Lipinski definition) is 4. The van der Waals surface area contributed by atoms with E-state index in [0.29, 0.717) is 17.4 Å². The number of hydrogen-bond donors (Lipinski definition) is 2. The first-order chi connectivity index (χ1) is 17.5. The zero-order chi connectivity index (χ0) is 25.1. The number of anilines is 1. The quantitative estimate of drug-likeness (QED) is 0.330. The minimum atomic E-state index is -0.914. The monoisotopic (exact) mass is 479 g/mol. The summed E-state index contributed by atoms with van der Waals surface area (Å²) in [7, 11) is 0. The van der Waals surface area contributed by atoms with Crippen LogP contribution in [-0.4, -0.2) is 35.7 Å². The van der Waals surface area contributed by atoms with Gasteiger partial charge in [0.1, 0.15) is 5.82 Å². The minimum absolute atomic E-state index is 0.238. The molecule has 3 atom stereocenters. The Bertz CT molecular complexity index is 1350. The summed E-state index contributed by atoms with van der Waals surface area (Å²) in [5.74, 6) is 0.624. The van der Waals surface area contributed by atoms with E-state index in [0.717, 1.165) is 37.6 Å². The summed E-state index contributed by atoms with van der Waals surface area (Å²) in [4.78, 5) is 18.6. The number of carboxylic acids is 1. The van der Waals surface area contributed by atoms with Crippen molar-refractivity contribution in [3.05, 3.63) is 107 Å². The van der Waals surface area contributed by atoms with Crippen LogP contribution in [-0.2, 0) is 0 Å². The molecule has 184 valence electrons. The van der Waals surface area contributed by atoms with Crippen molar-refractivity contribution in [2.24, 2.45) is 5.92 Å². The number of carbonyl (C=O) groups is 1. The summed E-state index contributed by atoms with van der Waals surface area (Å²) in [6, 6.07) is 29.4. The lowest BCUT2D eigenvalue weighted by Gasteiger charge is -2.40. The van der Waals surface area contributed by atoms with Gasteiger partial charge in [-0.25, -0.2) is 9.78 Å². The normalized spacial score (nSPS) is 18.8. The molecular weight excluding hydrogens is 446 g/mol. The molecule has 0 amide bonds. The number of aromatic carboxylic acids is 1. The highest BCUT2D eigenvalue weighted by molar-refractivity contribution is 5.88. The Kier molecular flexibility index (Phi) is 7.01. The van der Waals surface area contributed by atoms with E-state index in [4.69, 9.17) is 0 Å². The van der Waals surface area contributed by atoms with Gasteiger partial charge in [-0.15, -0.1) is 0 Å². The Morgan fingerprint density at radius 3 is 2.61 bits per heavy atom. The number of carboxylic acid groups (broad SMARTS) is 1. The van der Waals surface area contributed by atoms with Gasteiger partial charge in [0, 0.05) is 30.7 Å². The van der Waals surface area contributed by atoms with Crippen molar-refractivity contribution in [1.29, 1.82) is 0 Å². The van der Waals surface area contributed by atoms with Crippen LogP contribution in [0, 0.1) is 12.8 Å². The molecule has 1 aliphatic heterocycles. The van der Waals surface area contributed by atoms with Crippen LogP contribution in [0.3, 0.4) is 0 Å². The van der Waals surface area contributed by atoms with Crippen molar-refractivity contribution < 1.29 is 9.90 Å². The van der Waals surface area contributed by atoms with Gasteiger partial charge in [0.2, 0.25) is 0 Å². The van der Waals surface area contributed by atoms with Gasteiger partial charge < -0.3 is 15.3 Å². The van der Waals surface area contributed by atoms with E-state index in [2.05, 4.69) is 94.9 Å². The van der Waals surface area contributed by atoms with Gasteiger partial charge in [0.05, 0.1) is 5.56 Å². The molecule has 5 heteroatoms. The van der Waals surface area contributed by atoms with E-state index >= 15 is 0 Å². The maximum atomic E-state index is 11.6. The third-order valence-corrected chi connectivity index (χ3v) is 7.47. The van der Waals surface area contributed by atoms with Crippen molar-refractivity contribution in [3.8, 4) is 0 Å². The smallest absolute Gasteiger partial charge is 0.335 e. The van der Waals surface area contributed by atoms with Gasteiger partial charge in [-0.05, 0) is 66.8 Å². The SMILES string of the molecule is Cc1cc(C(=O)O)cc(N2CCC(CN[C@H](C)c3cccc4ccccc34)C(c3ccccc3)C2)n1. The highest BCUT2D eigenvalue weighted by Crippen LogP contribution is 2.35. The van der Waals surface area contributed by atoms with Crippen LogP contribution in [0.4, 0.5) is 5.82 Å². The third-order valence-electron chi connectivity index (χ3n) is 7.47. The fraction of sp³-hybridized carbons (Fsp3) is 0.290. The molecule has 0 aliphatic carbocycles. The molecule has 1 fully saturated rings. The molecule has 5 nitrogen and oxygen atoms in total. The number of pyridine rings is 1. The number of benzene rings is 3. The number of nitrogens with zero attached hydrogens (tertiary/aromatic N) is 2. The van der Waals surface area contributed by atoms with Crippen LogP contribution in [0.1, 0.15) is 52.5 Å². The average molecular weight is 480 g/mol. The van der Waals surface area contributed by atoms with Crippen LogP contribution < -0.4 is 10.2 Å². The second-order valence-electron chi connectivity index (χ2n) is 9.87. The molecule has 2 N–H and O–H groups in total. The topological polar surface area (TPSA) is 65.5 Å². The molecule has 5 rings (SSSR count). The molecule has 4 aromatic rings. The van der Waals surface area contributed by atoms with E-state index in [1.165, 1.54) is 21.9 Å². The molecule has 36 heavy (non-hydrogen) atoms. The zero-order valence-electron chi connectivity index (χ0n) is 20.9. The van der Waals surface area contributed by atoms with E-state index in [9.17, 15) is 9.90 Å². The summed E-state index contributed by atoms with van der Waals surface area (Å²) in [5, 5.41) is 15.9. The predicted molar refractivity (Wildman–Crippen MR) is 146 cm³/mol. The lowest BCUT2D eigenvalue weighted by molar-refractivity contribution is 0.0696. The molecule has 1 aromatic heterocycles. The molecular formula is C31H33N3O2. The summed E-state index contributed by atoms with van der Waals surface area (Å²) in [6.45, 7) is 6.69. The molecule has 1 aliphatic rings. The second-order valence-corrected chi connectivity index (χ2v) is 9.87. The van der Waals surface area contributed by atoms with Crippen LogP contribution in [0.15, 0.2) is 84.9 Å². The fourth-order valence-electron chi connectivity index (χ4n) is 5.53. The third kappa shape index (κ3) is 5.12. The predicted octanol–water partition coefficient (Wildman–Crippen LogP) is 6.20. The molecule has 2 heterocycles.